The van der Waals surface area contributed by atoms with Gasteiger partial charge in [0.1, 0.15) is 11.4 Å². The van der Waals surface area contributed by atoms with Crippen molar-refractivity contribution in [1.29, 1.82) is 0 Å². The van der Waals surface area contributed by atoms with Crippen molar-refractivity contribution in [3.05, 3.63) is 80.3 Å². The summed E-state index contributed by atoms with van der Waals surface area (Å²) in [6.07, 6.45) is 0.684. The number of aliphatic hydroxyl groups is 1. The maximum Gasteiger partial charge on any atom is 0.284 e. The van der Waals surface area contributed by atoms with Gasteiger partial charge in [0.15, 0.2) is 0 Å². The first-order valence-electron chi connectivity index (χ1n) is 10.2. The number of carbonyl (C=O) groups excluding carboxylic acids is 1. The van der Waals surface area contributed by atoms with E-state index in [2.05, 4.69) is 10.4 Å². The van der Waals surface area contributed by atoms with Crippen LogP contribution < -0.4 is 10.9 Å². The van der Waals surface area contributed by atoms with Crippen LogP contribution in [-0.4, -0.2) is 46.7 Å². The molecule has 1 aromatic heterocycles. The van der Waals surface area contributed by atoms with Crippen molar-refractivity contribution in [1.82, 2.24) is 15.1 Å². The van der Waals surface area contributed by atoms with E-state index in [1.54, 1.807) is 18.2 Å². The van der Waals surface area contributed by atoms with Gasteiger partial charge in [0, 0.05) is 18.1 Å². The molecule has 3 aromatic rings. The van der Waals surface area contributed by atoms with E-state index in [1.807, 2.05) is 0 Å². The van der Waals surface area contributed by atoms with Gasteiger partial charge in [-0.1, -0.05) is 35.3 Å². The standard InChI is InChI=1S/C23H20Cl2FN3O4/c24-18-5-4-13(8-19(18)25)20-10-17(22(31)27-21(11-30)14-6-7-33-12-14)23(32)29(28-20)16-3-1-2-15(26)9-16/h1-5,8-10,14,21,30H,6-7,11-12H2,(H,27,31). The third kappa shape index (κ3) is 5.09. The molecule has 1 aliphatic rings. The van der Waals surface area contributed by atoms with E-state index in [1.165, 1.54) is 24.3 Å². The summed E-state index contributed by atoms with van der Waals surface area (Å²) in [4.78, 5) is 26.3. The molecule has 0 bridgehead atoms. The van der Waals surface area contributed by atoms with Crippen LogP contribution in [0.25, 0.3) is 16.9 Å². The highest BCUT2D eigenvalue weighted by molar-refractivity contribution is 6.42. The fourth-order valence-corrected chi connectivity index (χ4v) is 3.96. The molecule has 33 heavy (non-hydrogen) atoms. The summed E-state index contributed by atoms with van der Waals surface area (Å²) in [7, 11) is 0. The number of nitrogens with zero attached hydrogens (tertiary/aromatic N) is 2. The minimum Gasteiger partial charge on any atom is -0.394 e. The highest BCUT2D eigenvalue weighted by Gasteiger charge is 2.28. The largest absolute Gasteiger partial charge is 0.394 e. The van der Waals surface area contributed by atoms with Gasteiger partial charge in [0.25, 0.3) is 11.5 Å². The molecule has 1 aliphatic heterocycles. The number of carbonyl (C=O) groups is 1. The summed E-state index contributed by atoms with van der Waals surface area (Å²) in [5, 5.41) is 17.4. The van der Waals surface area contributed by atoms with E-state index in [0.29, 0.717) is 30.2 Å². The van der Waals surface area contributed by atoms with Gasteiger partial charge in [0.05, 0.1) is 40.7 Å². The van der Waals surface area contributed by atoms with Gasteiger partial charge in [-0.15, -0.1) is 0 Å². The first-order chi connectivity index (χ1) is 15.9. The molecular weight excluding hydrogens is 472 g/mol. The molecule has 2 unspecified atom stereocenters. The Bertz CT molecular complexity index is 1240. The third-order valence-electron chi connectivity index (χ3n) is 5.47. The normalized spacial score (nSPS) is 16.5. The van der Waals surface area contributed by atoms with Crippen LogP contribution in [-0.2, 0) is 4.74 Å². The average molecular weight is 492 g/mol. The molecule has 0 radical (unpaired) electrons. The average Bonchev–Trinajstić information content (AvgIpc) is 3.34. The second-order valence-electron chi connectivity index (χ2n) is 7.66. The number of benzene rings is 2. The highest BCUT2D eigenvalue weighted by Crippen LogP contribution is 2.28. The minimum atomic E-state index is -0.735. The van der Waals surface area contributed by atoms with E-state index >= 15 is 0 Å². The van der Waals surface area contributed by atoms with Crippen molar-refractivity contribution in [2.45, 2.75) is 12.5 Å². The van der Waals surface area contributed by atoms with E-state index in [4.69, 9.17) is 27.9 Å². The van der Waals surface area contributed by atoms with Crippen LogP contribution in [0.2, 0.25) is 10.0 Å². The molecule has 2 aromatic carbocycles. The summed E-state index contributed by atoms with van der Waals surface area (Å²) in [6, 6.07) is 10.8. The second kappa shape index (κ2) is 10.0. The summed E-state index contributed by atoms with van der Waals surface area (Å²) in [5.74, 6) is -1.31. The number of aliphatic hydroxyl groups excluding tert-OH is 1. The van der Waals surface area contributed by atoms with E-state index in [-0.39, 0.29) is 34.5 Å². The Labute approximate surface area is 198 Å². The SMILES string of the molecule is O=C(NC(CO)C1CCOC1)c1cc(-c2ccc(Cl)c(Cl)c2)nn(-c2cccc(F)c2)c1=O. The lowest BCUT2D eigenvalue weighted by Gasteiger charge is -2.21. The maximum atomic E-state index is 13.9. The predicted molar refractivity (Wildman–Crippen MR) is 123 cm³/mol. The zero-order valence-corrected chi connectivity index (χ0v) is 18.8. The molecule has 4 rings (SSSR count). The zero-order valence-electron chi connectivity index (χ0n) is 17.3. The first kappa shape index (κ1) is 23.4. The third-order valence-corrected chi connectivity index (χ3v) is 6.21. The van der Waals surface area contributed by atoms with Gasteiger partial charge >= 0.3 is 0 Å². The zero-order chi connectivity index (χ0) is 23.5. The molecule has 2 N–H and O–H groups in total. The molecule has 1 amide bonds. The Morgan fingerprint density at radius 3 is 2.73 bits per heavy atom. The fourth-order valence-electron chi connectivity index (χ4n) is 3.67. The molecule has 1 fully saturated rings. The molecule has 10 heteroatoms. The Kier molecular flexibility index (Phi) is 7.09. The summed E-state index contributed by atoms with van der Waals surface area (Å²) < 4.78 is 20.2. The Hall–Kier alpha value is -2.78. The van der Waals surface area contributed by atoms with Gasteiger partial charge < -0.3 is 15.2 Å². The van der Waals surface area contributed by atoms with Crippen molar-refractivity contribution < 1.29 is 19.0 Å². The van der Waals surface area contributed by atoms with E-state index in [9.17, 15) is 19.1 Å². The number of aromatic nitrogens is 2. The molecule has 172 valence electrons. The second-order valence-corrected chi connectivity index (χ2v) is 8.47. The Balaban J connectivity index is 1.81. The summed E-state index contributed by atoms with van der Waals surface area (Å²) in [5.41, 5.74) is -0.0355. The molecule has 2 heterocycles. The summed E-state index contributed by atoms with van der Waals surface area (Å²) >= 11 is 12.1. The van der Waals surface area contributed by atoms with Crippen LogP contribution in [0.4, 0.5) is 4.39 Å². The van der Waals surface area contributed by atoms with Crippen LogP contribution in [0.5, 0.6) is 0 Å². The molecule has 0 aliphatic carbocycles. The number of hydrogen-bond acceptors (Lipinski definition) is 5. The van der Waals surface area contributed by atoms with Crippen molar-refractivity contribution in [3.8, 4) is 16.9 Å². The van der Waals surface area contributed by atoms with Crippen LogP contribution >= 0.6 is 23.2 Å². The number of halogens is 3. The fraction of sp³-hybridized carbons (Fsp3) is 0.261. The molecule has 0 saturated carbocycles. The number of amides is 1. The van der Waals surface area contributed by atoms with Crippen LogP contribution in [0.3, 0.4) is 0 Å². The topological polar surface area (TPSA) is 93.4 Å². The molecular formula is C23H20Cl2FN3O4. The summed E-state index contributed by atoms with van der Waals surface area (Å²) in [6.45, 7) is 0.645. The lowest BCUT2D eigenvalue weighted by Crippen LogP contribution is -2.45. The molecule has 7 nitrogen and oxygen atoms in total. The molecule has 1 saturated heterocycles. The van der Waals surface area contributed by atoms with Gasteiger partial charge in [0.2, 0.25) is 0 Å². The van der Waals surface area contributed by atoms with E-state index < -0.39 is 23.3 Å². The number of hydrogen-bond donors (Lipinski definition) is 2. The first-order valence-corrected chi connectivity index (χ1v) is 11.0. The van der Waals surface area contributed by atoms with Crippen molar-refractivity contribution in [3.63, 3.8) is 0 Å². The smallest absolute Gasteiger partial charge is 0.284 e. The molecule has 0 spiro atoms. The van der Waals surface area contributed by atoms with Gasteiger partial charge in [-0.3, -0.25) is 9.59 Å². The van der Waals surface area contributed by atoms with Crippen LogP contribution in [0, 0.1) is 11.7 Å². The number of rotatable bonds is 6. The Morgan fingerprint density at radius 1 is 1.24 bits per heavy atom. The van der Waals surface area contributed by atoms with Gasteiger partial charge in [-0.2, -0.15) is 9.78 Å². The van der Waals surface area contributed by atoms with Crippen molar-refractivity contribution in [2.24, 2.45) is 5.92 Å². The van der Waals surface area contributed by atoms with E-state index in [0.717, 1.165) is 10.7 Å². The monoisotopic (exact) mass is 491 g/mol. The van der Waals surface area contributed by atoms with Crippen LogP contribution in [0.15, 0.2) is 53.3 Å². The quantitative estimate of drug-likeness (QED) is 0.550. The minimum absolute atomic E-state index is 0.0687. The van der Waals surface area contributed by atoms with Gasteiger partial charge in [-0.05, 0) is 42.8 Å². The maximum absolute atomic E-state index is 13.9. The van der Waals surface area contributed by atoms with Crippen molar-refractivity contribution in [2.75, 3.05) is 19.8 Å². The van der Waals surface area contributed by atoms with Gasteiger partial charge in [-0.25, -0.2) is 4.39 Å². The lowest BCUT2D eigenvalue weighted by molar-refractivity contribution is 0.0875. The molecule has 2 atom stereocenters. The number of nitrogens with one attached hydrogen (secondary N) is 1. The van der Waals surface area contributed by atoms with Crippen molar-refractivity contribution >= 4 is 29.1 Å². The highest BCUT2D eigenvalue weighted by atomic mass is 35.5. The number of ether oxygens (including phenoxy) is 1. The lowest BCUT2D eigenvalue weighted by atomic mass is 9.99. The predicted octanol–water partition coefficient (Wildman–Crippen LogP) is 3.47. The van der Waals surface area contributed by atoms with Crippen LogP contribution in [0.1, 0.15) is 16.8 Å². The Morgan fingerprint density at radius 2 is 2.06 bits per heavy atom.